The van der Waals surface area contributed by atoms with Crippen molar-refractivity contribution in [3.8, 4) is 5.75 Å². The van der Waals surface area contributed by atoms with Crippen molar-refractivity contribution in [3.05, 3.63) is 107 Å². The molecule has 0 unspecified atom stereocenters. The number of rotatable bonds is 5. The van der Waals surface area contributed by atoms with Crippen LogP contribution in [0.5, 0.6) is 5.75 Å². The van der Waals surface area contributed by atoms with Crippen molar-refractivity contribution < 1.29 is 28.3 Å². The van der Waals surface area contributed by atoms with Gasteiger partial charge in [0.25, 0.3) is 11.8 Å². The summed E-state index contributed by atoms with van der Waals surface area (Å²) in [7, 11) is 1.42. The van der Waals surface area contributed by atoms with E-state index in [1.807, 2.05) is 6.07 Å². The average molecular weight is 570 g/mol. The van der Waals surface area contributed by atoms with Gasteiger partial charge in [-0.25, -0.2) is 15.4 Å². The van der Waals surface area contributed by atoms with Crippen molar-refractivity contribution in [1.29, 1.82) is 0 Å². The Morgan fingerprint density at radius 3 is 2.64 bits per heavy atom. The number of anilines is 1. The summed E-state index contributed by atoms with van der Waals surface area (Å²) in [5, 5.41) is 12.6. The minimum Gasteiger partial charge on any atom is -0.508 e. The molecule has 1 aromatic heterocycles. The Morgan fingerprint density at radius 1 is 1.17 bits per heavy atom. The van der Waals surface area contributed by atoms with Gasteiger partial charge in [0.2, 0.25) is 5.91 Å². The number of aromatic amines is 1. The number of phenolic OH excluding ortho intramolecular Hbond substituents is 1. The molecule has 3 amide bonds. The predicted molar refractivity (Wildman–Crippen MR) is 149 cm³/mol. The van der Waals surface area contributed by atoms with Gasteiger partial charge in [0, 0.05) is 37.2 Å². The maximum atomic E-state index is 14.4. The van der Waals surface area contributed by atoms with E-state index in [0.29, 0.717) is 16.8 Å². The number of likely N-dealkylation sites (N-methyl/N-ethyl adjacent to an activating group) is 1. The fourth-order valence-electron chi connectivity index (χ4n) is 6.00. The standard InChI is InChI=1S/C31H25F2N5O4/c1-34-27-15-31(21-5-3-4-6-23(21)36-30(31)42)16-38(27)29(41)26(11-17-7-9-19(39)10-8-17)37(2)28(40)25-14-20-22(33)12-18(32)13-24(20)35-25/h3-10,12-14,26-27,35,39H,11,15-16H2,2H3,(H,36,42)/t26-,27-,31-/m0/s1. The van der Waals surface area contributed by atoms with Crippen LogP contribution < -0.4 is 5.32 Å². The number of phenols is 1. The number of amides is 3. The third-order valence-electron chi connectivity index (χ3n) is 8.21. The number of fused-ring (bicyclic) bond motifs is 3. The van der Waals surface area contributed by atoms with Crippen LogP contribution in [-0.4, -0.2) is 63.4 Å². The van der Waals surface area contributed by atoms with Crippen LogP contribution in [-0.2, 0) is 21.4 Å². The number of likely N-dealkylation sites (tertiary alicyclic amines) is 1. The summed E-state index contributed by atoms with van der Waals surface area (Å²) in [4.78, 5) is 50.2. The normalized spacial score (nSPS) is 19.9. The molecule has 3 N–H and O–H groups in total. The first-order chi connectivity index (χ1) is 20.1. The molecule has 11 heteroatoms. The number of hydrogen-bond acceptors (Lipinski definition) is 4. The molecule has 1 fully saturated rings. The van der Waals surface area contributed by atoms with E-state index in [1.54, 1.807) is 30.3 Å². The van der Waals surface area contributed by atoms with Gasteiger partial charge in [0.1, 0.15) is 34.5 Å². The van der Waals surface area contributed by atoms with E-state index in [2.05, 4.69) is 15.1 Å². The second kappa shape index (κ2) is 9.99. The Labute approximate surface area is 239 Å². The number of para-hydroxylation sites is 1. The Balaban J connectivity index is 1.36. The molecule has 0 bridgehead atoms. The highest BCUT2D eigenvalue weighted by Gasteiger charge is 2.59. The molecule has 1 saturated heterocycles. The summed E-state index contributed by atoms with van der Waals surface area (Å²) >= 11 is 0. The minimum atomic E-state index is -1.13. The van der Waals surface area contributed by atoms with Gasteiger partial charge in [-0.05, 0) is 41.5 Å². The summed E-state index contributed by atoms with van der Waals surface area (Å²) in [6.07, 6.45) is -0.825. The lowest BCUT2D eigenvalue weighted by atomic mass is 9.80. The molecule has 9 nitrogen and oxygen atoms in total. The zero-order valence-corrected chi connectivity index (χ0v) is 22.4. The lowest BCUT2D eigenvalue weighted by molar-refractivity contribution is -0.136. The van der Waals surface area contributed by atoms with Gasteiger partial charge >= 0.3 is 6.17 Å². The third kappa shape index (κ3) is 4.32. The summed E-state index contributed by atoms with van der Waals surface area (Å²) in [5.41, 5.74) is 0.913. The molecule has 2 aliphatic heterocycles. The molecule has 2 aliphatic rings. The summed E-state index contributed by atoms with van der Waals surface area (Å²) in [6.45, 7) is 7.80. The molecule has 1 spiro atoms. The molecule has 0 radical (unpaired) electrons. The van der Waals surface area contributed by atoms with Crippen LogP contribution in [0, 0.1) is 18.2 Å². The summed E-state index contributed by atoms with van der Waals surface area (Å²) in [5.74, 6) is -3.10. The lowest BCUT2D eigenvalue weighted by Crippen LogP contribution is -2.52. The monoisotopic (exact) mass is 569 g/mol. The highest BCUT2D eigenvalue weighted by Crippen LogP contribution is 2.47. The molecule has 42 heavy (non-hydrogen) atoms. The van der Waals surface area contributed by atoms with Crippen LogP contribution >= 0.6 is 0 Å². The van der Waals surface area contributed by atoms with Gasteiger partial charge in [-0.3, -0.25) is 24.1 Å². The quantitative estimate of drug-likeness (QED) is 0.313. The zero-order valence-electron chi connectivity index (χ0n) is 22.4. The molecule has 3 atom stereocenters. The number of nitrogens with one attached hydrogen (secondary N) is 2. The molecule has 0 aliphatic carbocycles. The molecule has 212 valence electrons. The molecule has 6 rings (SSSR count). The molecule has 3 aromatic carbocycles. The molecule has 4 aromatic rings. The van der Waals surface area contributed by atoms with Gasteiger partial charge in [-0.15, -0.1) is 0 Å². The summed E-state index contributed by atoms with van der Waals surface area (Å²) in [6, 6.07) is 15.2. The van der Waals surface area contributed by atoms with Crippen LogP contribution in [0.4, 0.5) is 14.5 Å². The smallest absolute Gasteiger partial charge is 0.302 e. The first-order valence-corrected chi connectivity index (χ1v) is 13.2. The Hall–Kier alpha value is -5.24. The second-order valence-corrected chi connectivity index (χ2v) is 10.7. The van der Waals surface area contributed by atoms with Crippen LogP contribution in [0.25, 0.3) is 15.7 Å². The SMILES string of the molecule is [C-]#[N+][C@@H]1C[C@@]2(CN1C(=O)[C@H](Cc1ccc(O)cc1)N(C)C(=O)c1cc3c(F)cc(F)cc3[nH]1)C(=O)Nc1ccccc12. The number of carbonyl (C=O) groups is 3. The van der Waals surface area contributed by atoms with E-state index >= 15 is 0 Å². The van der Waals surface area contributed by atoms with Crippen molar-refractivity contribution >= 4 is 34.3 Å². The first-order valence-electron chi connectivity index (χ1n) is 13.2. The highest BCUT2D eigenvalue weighted by atomic mass is 19.1. The number of aromatic nitrogens is 1. The van der Waals surface area contributed by atoms with Gasteiger partial charge in [-0.1, -0.05) is 30.3 Å². The maximum Gasteiger partial charge on any atom is 0.302 e. The largest absolute Gasteiger partial charge is 0.508 e. The highest BCUT2D eigenvalue weighted by molar-refractivity contribution is 6.07. The van der Waals surface area contributed by atoms with Crippen molar-refractivity contribution in [1.82, 2.24) is 14.8 Å². The predicted octanol–water partition coefficient (Wildman–Crippen LogP) is 4.20. The molecular weight excluding hydrogens is 544 g/mol. The van der Waals surface area contributed by atoms with E-state index < -0.39 is 41.1 Å². The maximum absolute atomic E-state index is 14.4. The Kier molecular flexibility index (Phi) is 6.41. The molecule has 0 saturated carbocycles. The van der Waals surface area contributed by atoms with Crippen LogP contribution in [0.1, 0.15) is 28.0 Å². The fraction of sp³-hybridized carbons (Fsp3) is 0.226. The van der Waals surface area contributed by atoms with E-state index in [0.717, 1.165) is 12.1 Å². The number of carbonyl (C=O) groups excluding carboxylic acids is 3. The first kappa shape index (κ1) is 27.0. The van der Waals surface area contributed by atoms with Gasteiger partial charge in [0.05, 0.1) is 11.9 Å². The summed E-state index contributed by atoms with van der Waals surface area (Å²) < 4.78 is 28.2. The van der Waals surface area contributed by atoms with E-state index in [4.69, 9.17) is 6.57 Å². The Morgan fingerprint density at radius 2 is 1.90 bits per heavy atom. The van der Waals surface area contributed by atoms with Crippen molar-refractivity contribution in [3.63, 3.8) is 0 Å². The molecule has 3 heterocycles. The van der Waals surface area contributed by atoms with Crippen LogP contribution in [0.15, 0.2) is 66.7 Å². The minimum absolute atomic E-state index is 0.0232. The van der Waals surface area contributed by atoms with Crippen molar-refractivity contribution in [2.24, 2.45) is 0 Å². The van der Waals surface area contributed by atoms with Crippen molar-refractivity contribution in [2.75, 3.05) is 18.9 Å². The topological polar surface area (TPSA) is 110 Å². The van der Waals surface area contributed by atoms with Gasteiger partial charge in [0.15, 0.2) is 0 Å². The fourth-order valence-corrected chi connectivity index (χ4v) is 6.00. The third-order valence-corrected chi connectivity index (χ3v) is 8.21. The number of hydrogen-bond donors (Lipinski definition) is 3. The van der Waals surface area contributed by atoms with E-state index in [9.17, 15) is 28.3 Å². The second-order valence-electron chi connectivity index (χ2n) is 10.7. The lowest BCUT2D eigenvalue weighted by Gasteiger charge is -2.31. The average Bonchev–Trinajstić information content (AvgIpc) is 3.66. The van der Waals surface area contributed by atoms with Gasteiger partial charge < -0.3 is 20.3 Å². The zero-order chi connectivity index (χ0) is 29.8. The molecular formula is C31H25F2N5O4. The number of halogens is 2. The van der Waals surface area contributed by atoms with E-state index in [1.165, 1.54) is 35.0 Å². The van der Waals surface area contributed by atoms with Gasteiger partial charge in [-0.2, -0.15) is 0 Å². The number of nitrogens with zero attached hydrogens (tertiary/aromatic N) is 3. The number of H-pyrrole nitrogens is 1. The Bertz CT molecular complexity index is 1800. The van der Waals surface area contributed by atoms with Crippen LogP contribution in [0.2, 0.25) is 0 Å². The van der Waals surface area contributed by atoms with E-state index in [-0.39, 0.29) is 47.6 Å². The van der Waals surface area contributed by atoms with Crippen LogP contribution in [0.3, 0.4) is 0 Å². The number of aromatic hydroxyl groups is 1. The van der Waals surface area contributed by atoms with Crippen molar-refractivity contribution in [2.45, 2.75) is 30.5 Å². The number of benzene rings is 3.